The molecule has 0 aliphatic heterocycles. The fourth-order valence-corrected chi connectivity index (χ4v) is 13.3. The van der Waals surface area contributed by atoms with Crippen LogP contribution < -0.4 is 5.32 Å². The average Bonchev–Trinajstić information content (AvgIpc) is 3.54. The Morgan fingerprint density at radius 2 is 1.49 bits per heavy atom. The molecular weight excluding hydrogens is 502 g/mol. The monoisotopic (exact) mass is 557 g/mol. The van der Waals surface area contributed by atoms with Crippen molar-refractivity contribution in [3.05, 3.63) is 41.5 Å². The molecule has 6 aliphatic carbocycles. The van der Waals surface area contributed by atoms with Crippen LogP contribution in [-0.2, 0) is 0 Å². The molecule has 2 N–H and O–H groups in total. The van der Waals surface area contributed by atoms with Crippen molar-refractivity contribution in [1.29, 1.82) is 0 Å². The van der Waals surface area contributed by atoms with Gasteiger partial charge in [-0.2, -0.15) is 0 Å². The van der Waals surface area contributed by atoms with E-state index in [0.717, 1.165) is 30.1 Å². The second-order valence-electron chi connectivity index (χ2n) is 17.3. The molecule has 0 spiro atoms. The first-order valence-corrected chi connectivity index (χ1v) is 17.0. The van der Waals surface area contributed by atoms with E-state index in [-0.39, 0.29) is 5.41 Å². The van der Waals surface area contributed by atoms with E-state index in [1.54, 1.807) is 12.1 Å². The molecule has 9 atom stereocenters. The van der Waals surface area contributed by atoms with Gasteiger partial charge in [0, 0.05) is 5.54 Å². The highest BCUT2D eigenvalue weighted by Gasteiger charge is 2.71. The first kappa shape index (κ1) is 28.2. The van der Waals surface area contributed by atoms with Crippen LogP contribution >= 0.6 is 0 Å². The Kier molecular flexibility index (Phi) is 6.00. The highest BCUT2D eigenvalue weighted by Crippen LogP contribution is 2.77. The fourth-order valence-electron chi connectivity index (χ4n) is 13.3. The lowest BCUT2D eigenvalue weighted by Crippen LogP contribution is -2.67. The minimum atomic E-state index is -0.846. The third-order valence-electron chi connectivity index (χ3n) is 15.9. The van der Waals surface area contributed by atoms with E-state index in [0.29, 0.717) is 38.7 Å². The predicted octanol–water partition coefficient (Wildman–Crippen LogP) is 9.23. The summed E-state index contributed by atoms with van der Waals surface area (Å²) >= 11 is 0. The number of hydrogen-bond donors (Lipinski definition) is 2. The zero-order valence-electron chi connectivity index (χ0n) is 26.9. The van der Waals surface area contributed by atoms with E-state index < -0.39 is 5.97 Å². The van der Waals surface area contributed by atoms with Gasteiger partial charge in [-0.05, 0) is 158 Å². The highest BCUT2D eigenvalue weighted by atomic mass is 16.4. The van der Waals surface area contributed by atoms with Gasteiger partial charge in [0.2, 0.25) is 0 Å². The molecule has 5 saturated carbocycles. The van der Waals surface area contributed by atoms with E-state index >= 15 is 0 Å². The smallest absolute Gasteiger partial charge is 0.335 e. The Labute approximate surface area is 249 Å². The summed E-state index contributed by atoms with van der Waals surface area (Å²) < 4.78 is 0. The number of carboxylic acids is 1. The number of nitrogens with one attached hydrogen (secondary N) is 1. The third-order valence-corrected chi connectivity index (χ3v) is 15.9. The molecule has 0 amide bonds. The average molecular weight is 558 g/mol. The van der Waals surface area contributed by atoms with E-state index in [9.17, 15) is 9.90 Å². The minimum absolute atomic E-state index is 0.0712. The largest absolute Gasteiger partial charge is 0.478 e. The van der Waals surface area contributed by atoms with Gasteiger partial charge < -0.3 is 10.4 Å². The van der Waals surface area contributed by atoms with Gasteiger partial charge in [0.15, 0.2) is 0 Å². The fraction of sp³-hybridized carbons (Fsp3) is 0.763. The van der Waals surface area contributed by atoms with Gasteiger partial charge in [0.05, 0.1) is 5.56 Å². The van der Waals surface area contributed by atoms with Crippen molar-refractivity contribution in [1.82, 2.24) is 5.32 Å². The summed E-state index contributed by atoms with van der Waals surface area (Å²) in [6, 6.07) is 7.67. The maximum atomic E-state index is 11.5. The van der Waals surface area contributed by atoms with Crippen molar-refractivity contribution in [2.75, 3.05) is 7.05 Å². The van der Waals surface area contributed by atoms with Crippen molar-refractivity contribution >= 4 is 11.5 Å². The van der Waals surface area contributed by atoms with E-state index in [1.807, 2.05) is 12.1 Å². The number of allylic oxidation sites excluding steroid dienone is 2. The van der Waals surface area contributed by atoms with Gasteiger partial charge >= 0.3 is 5.97 Å². The van der Waals surface area contributed by atoms with Crippen LogP contribution in [0.5, 0.6) is 0 Å². The summed E-state index contributed by atoms with van der Waals surface area (Å²) in [5.41, 5.74) is 5.21. The number of aromatic carboxylic acids is 1. The van der Waals surface area contributed by atoms with Crippen LogP contribution in [0.15, 0.2) is 30.3 Å². The number of benzene rings is 1. The van der Waals surface area contributed by atoms with Crippen LogP contribution in [0.3, 0.4) is 0 Å². The van der Waals surface area contributed by atoms with Crippen molar-refractivity contribution in [3.8, 4) is 0 Å². The molecule has 0 aromatic heterocycles. The van der Waals surface area contributed by atoms with Crippen LogP contribution in [0.4, 0.5) is 0 Å². The summed E-state index contributed by atoms with van der Waals surface area (Å²) in [4.78, 5) is 11.5. The molecule has 1 aromatic rings. The standard InChI is InChI=1S/C38H55NO2/c1-33(2)26(24-8-10-25(11-9-24)32(40)41)14-17-35(4)29(33)16-18-37(6)30(35)13-12-28-31-27(34(3)20-21-34)15-19-38(31,39-7)23-22-36(28,37)5/h8-11,14,27-31,39H,12-13,15-23H2,1-7H3,(H,40,41)/t27-,28-,29+,30-,31-,35+,36-,37-,38+/m1/s1. The lowest BCUT2D eigenvalue weighted by atomic mass is 9.32. The molecule has 0 bridgehead atoms. The van der Waals surface area contributed by atoms with Crippen molar-refractivity contribution in [2.24, 2.45) is 56.7 Å². The topological polar surface area (TPSA) is 49.3 Å². The molecule has 3 heteroatoms. The molecule has 224 valence electrons. The van der Waals surface area contributed by atoms with E-state index in [1.165, 1.54) is 75.3 Å². The molecule has 3 nitrogen and oxygen atoms in total. The van der Waals surface area contributed by atoms with Gasteiger partial charge in [0.1, 0.15) is 0 Å². The zero-order valence-corrected chi connectivity index (χ0v) is 26.9. The first-order valence-electron chi connectivity index (χ1n) is 17.0. The lowest BCUT2D eigenvalue weighted by Gasteiger charge is -2.72. The first-order chi connectivity index (χ1) is 19.3. The third kappa shape index (κ3) is 3.57. The summed E-state index contributed by atoms with van der Waals surface area (Å²) in [6.45, 7) is 15.8. The number of rotatable bonds is 4. The van der Waals surface area contributed by atoms with Crippen LogP contribution in [0.2, 0.25) is 0 Å². The van der Waals surface area contributed by atoms with Gasteiger partial charge in [-0.15, -0.1) is 0 Å². The predicted molar refractivity (Wildman–Crippen MR) is 168 cm³/mol. The molecule has 5 fully saturated rings. The Hall–Kier alpha value is -1.61. The Bertz CT molecular complexity index is 1270. The van der Waals surface area contributed by atoms with Crippen molar-refractivity contribution in [3.63, 3.8) is 0 Å². The zero-order chi connectivity index (χ0) is 29.2. The maximum absolute atomic E-state index is 11.5. The Morgan fingerprint density at radius 1 is 0.780 bits per heavy atom. The SMILES string of the molecule is CN[C@]12CC[C@@H](C3(C)CC3)[C@@H]1[C@H]1CC[C@@H]3[C@@]4(C)CC=C(c5ccc(C(=O)O)cc5)C(C)(C)[C@@H]4CC[C@@]3(C)[C@]1(C)CC2. The molecule has 6 aliphatic rings. The second-order valence-corrected chi connectivity index (χ2v) is 17.3. The molecule has 0 unspecified atom stereocenters. The maximum Gasteiger partial charge on any atom is 0.335 e. The van der Waals surface area contributed by atoms with Crippen LogP contribution in [0.25, 0.3) is 5.57 Å². The number of carbonyl (C=O) groups is 1. The number of hydrogen-bond acceptors (Lipinski definition) is 2. The summed E-state index contributed by atoms with van der Waals surface area (Å²) in [7, 11) is 2.29. The molecular formula is C38H55NO2. The van der Waals surface area contributed by atoms with Gasteiger partial charge in [-0.1, -0.05) is 59.8 Å². The summed E-state index contributed by atoms with van der Waals surface area (Å²) in [5, 5.41) is 13.4. The van der Waals surface area contributed by atoms with Gasteiger partial charge in [-0.3, -0.25) is 0 Å². The van der Waals surface area contributed by atoms with E-state index in [4.69, 9.17) is 0 Å². The van der Waals surface area contributed by atoms with Crippen molar-refractivity contribution in [2.45, 2.75) is 118 Å². The quantitative estimate of drug-likeness (QED) is 0.388. The summed E-state index contributed by atoms with van der Waals surface area (Å²) in [5.74, 6) is 3.19. The molecule has 0 radical (unpaired) electrons. The van der Waals surface area contributed by atoms with Crippen LogP contribution in [0, 0.1) is 56.7 Å². The molecule has 1 aromatic carbocycles. The summed E-state index contributed by atoms with van der Waals surface area (Å²) in [6.07, 6.45) is 17.8. The Balaban J connectivity index is 1.24. The highest BCUT2D eigenvalue weighted by molar-refractivity contribution is 5.88. The molecule has 0 heterocycles. The van der Waals surface area contributed by atoms with Gasteiger partial charge in [0.25, 0.3) is 0 Å². The number of carboxylic acid groups (broad SMARTS) is 1. The van der Waals surface area contributed by atoms with Crippen LogP contribution in [0.1, 0.15) is 128 Å². The van der Waals surface area contributed by atoms with Gasteiger partial charge in [-0.25, -0.2) is 4.79 Å². The van der Waals surface area contributed by atoms with Crippen LogP contribution in [-0.4, -0.2) is 23.7 Å². The molecule has 0 saturated heterocycles. The van der Waals surface area contributed by atoms with Crippen molar-refractivity contribution < 1.29 is 9.90 Å². The molecule has 7 rings (SSSR count). The van der Waals surface area contributed by atoms with E-state index in [2.05, 4.69) is 60.0 Å². The lowest BCUT2D eigenvalue weighted by molar-refractivity contribution is -0.221. The minimum Gasteiger partial charge on any atom is -0.478 e. The second kappa shape index (κ2) is 8.73. The normalized spacial score (nSPS) is 47.3. The Morgan fingerprint density at radius 3 is 2.12 bits per heavy atom. The number of fused-ring (bicyclic) bond motifs is 7. The molecule has 41 heavy (non-hydrogen) atoms.